The first-order valence-electron chi connectivity index (χ1n) is 6.35. The number of anilines is 1. The van der Waals surface area contributed by atoms with Gasteiger partial charge in [-0.3, -0.25) is 4.68 Å². The lowest BCUT2D eigenvalue weighted by molar-refractivity contribution is 0.114. The van der Waals surface area contributed by atoms with Crippen molar-refractivity contribution in [2.75, 3.05) is 38.6 Å². The van der Waals surface area contributed by atoms with Gasteiger partial charge in [0.2, 0.25) is 0 Å². The number of aromatic nitrogens is 2. The number of rotatable bonds is 9. The zero-order chi connectivity index (χ0) is 12.5. The Kier molecular flexibility index (Phi) is 6.65. The van der Waals surface area contributed by atoms with Crippen LogP contribution in [0.5, 0.6) is 0 Å². The lowest BCUT2D eigenvalue weighted by atomic mass is 10.3. The molecule has 17 heavy (non-hydrogen) atoms. The molecule has 5 nitrogen and oxygen atoms in total. The van der Waals surface area contributed by atoms with Gasteiger partial charge in [-0.1, -0.05) is 6.92 Å². The van der Waals surface area contributed by atoms with E-state index in [9.17, 15) is 0 Å². The molecule has 0 spiro atoms. The van der Waals surface area contributed by atoms with Crippen molar-refractivity contribution in [3.8, 4) is 0 Å². The second-order valence-electron chi connectivity index (χ2n) is 3.99. The summed E-state index contributed by atoms with van der Waals surface area (Å²) in [6.45, 7) is 9.88. The molecule has 0 aliphatic carbocycles. The molecule has 0 atom stereocenters. The first kappa shape index (κ1) is 14.0. The number of aryl methyl sites for hydroxylation is 1. The number of hydrogen-bond donors (Lipinski definition) is 1. The van der Waals surface area contributed by atoms with Crippen LogP contribution in [0.4, 0.5) is 5.82 Å². The molecule has 0 bridgehead atoms. The molecule has 5 heteroatoms. The maximum absolute atomic E-state index is 5.56. The molecule has 0 fully saturated rings. The van der Waals surface area contributed by atoms with Crippen molar-refractivity contribution in [1.29, 1.82) is 0 Å². The normalized spacial score (nSPS) is 11.2. The molecule has 1 aromatic heterocycles. The van der Waals surface area contributed by atoms with Gasteiger partial charge < -0.3 is 15.4 Å². The number of likely N-dealkylation sites (N-methyl/N-ethyl adjacent to an activating group) is 1. The van der Waals surface area contributed by atoms with Crippen LogP contribution in [0, 0.1) is 0 Å². The Morgan fingerprint density at radius 2 is 2.24 bits per heavy atom. The Balaban J connectivity index is 2.14. The third-order valence-corrected chi connectivity index (χ3v) is 2.73. The molecular formula is C12H24N4O. The molecule has 0 saturated carbocycles. The van der Waals surface area contributed by atoms with Crippen LogP contribution in [0.1, 0.15) is 20.3 Å². The van der Waals surface area contributed by atoms with Gasteiger partial charge in [-0.2, -0.15) is 5.10 Å². The van der Waals surface area contributed by atoms with Gasteiger partial charge in [-0.05, 0) is 32.5 Å². The third-order valence-electron chi connectivity index (χ3n) is 2.73. The second-order valence-corrected chi connectivity index (χ2v) is 3.99. The van der Waals surface area contributed by atoms with Crippen LogP contribution >= 0.6 is 0 Å². The summed E-state index contributed by atoms with van der Waals surface area (Å²) in [7, 11) is 0. The van der Waals surface area contributed by atoms with Crippen LogP contribution in [-0.2, 0) is 11.3 Å². The average Bonchev–Trinajstić information content (AvgIpc) is 2.73. The highest BCUT2D eigenvalue weighted by molar-refractivity contribution is 5.23. The molecule has 1 aromatic rings. The number of nitrogens with zero attached hydrogens (tertiary/aromatic N) is 3. The molecule has 1 heterocycles. The lowest BCUT2D eigenvalue weighted by Crippen LogP contribution is -2.29. The van der Waals surface area contributed by atoms with Crippen molar-refractivity contribution in [2.24, 2.45) is 0 Å². The number of hydrogen-bond acceptors (Lipinski definition) is 4. The highest BCUT2D eigenvalue weighted by atomic mass is 16.5. The molecule has 98 valence electrons. The summed E-state index contributed by atoms with van der Waals surface area (Å²) < 4.78 is 7.25. The van der Waals surface area contributed by atoms with E-state index in [1.54, 1.807) is 0 Å². The fraction of sp³-hybridized carbons (Fsp3) is 0.750. The molecule has 1 rings (SSSR count). The minimum absolute atomic E-state index is 0.591. The average molecular weight is 240 g/mol. The van der Waals surface area contributed by atoms with E-state index in [4.69, 9.17) is 10.5 Å². The van der Waals surface area contributed by atoms with Crippen LogP contribution in [0.2, 0.25) is 0 Å². The maximum Gasteiger partial charge on any atom is 0.145 e. The van der Waals surface area contributed by atoms with E-state index in [2.05, 4.69) is 16.9 Å². The van der Waals surface area contributed by atoms with Crippen LogP contribution < -0.4 is 5.73 Å². The predicted octanol–water partition coefficient (Wildman–Crippen LogP) is 1.21. The van der Waals surface area contributed by atoms with Crippen molar-refractivity contribution in [1.82, 2.24) is 14.7 Å². The van der Waals surface area contributed by atoms with Crippen LogP contribution in [0.15, 0.2) is 12.3 Å². The molecule has 0 unspecified atom stereocenters. The van der Waals surface area contributed by atoms with Crippen LogP contribution in [0.25, 0.3) is 0 Å². The third kappa shape index (κ3) is 5.70. The minimum atomic E-state index is 0.591. The van der Waals surface area contributed by atoms with Crippen LogP contribution in [0.3, 0.4) is 0 Å². The van der Waals surface area contributed by atoms with Crippen molar-refractivity contribution in [3.63, 3.8) is 0 Å². The lowest BCUT2D eigenvalue weighted by Gasteiger charge is -2.19. The fourth-order valence-corrected chi connectivity index (χ4v) is 1.72. The smallest absolute Gasteiger partial charge is 0.145 e. The number of nitrogens with two attached hydrogens (primary N) is 1. The molecule has 0 aromatic carbocycles. The van der Waals surface area contributed by atoms with Crippen LogP contribution in [-0.4, -0.2) is 47.5 Å². The summed E-state index contributed by atoms with van der Waals surface area (Å²) in [4.78, 5) is 2.39. The Labute approximate surface area is 104 Å². The standard InChI is InChI=1S/C12H24N4O/c1-3-15(10-11-17-4-2)7-5-8-16-9-6-12(13)14-16/h6,9H,3-5,7-8,10-11H2,1-2H3,(H2,13,14). The predicted molar refractivity (Wildman–Crippen MR) is 69.9 cm³/mol. The van der Waals surface area contributed by atoms with Gasteiger partial charge >= 0.3 is 0 Å². The zero-order valence-electron chi connectivity index (χ0n) is 10.9. The Hall–Kier alpha value is -1.07. The van der Waals surface area contributed by atoms with Crippen molar-refractivity contribution in [2.45, 2.75) is 26.8 Å². The molecule has 0 radical (unpaired) electrons. The van der Waals surface area contributed by atoms with Gasteiger partial charge in [0.25, 0.3) is 0 Å². The first-order chi connectivity index (χ1) is 8.26. The van der Waals surface area contributed by atoms with Crippen molar-refractivity contribution in [3.05, 3.63) is 12.3 Å². The SMILES string of the molecule is CCOCCN(CC)CCCn1ccc(N)n1. The second kappa shape index (κ2) is 8.08. The summed E-state index contributed by atoms with van der Waals surface area (Å²) in [5, 5.41) is 4.16. The Morgan fingerprint density at radius 3 is 2.82 bits per heavy atom. The van der Waals surface area contributed by atoms with Gasteiger partial charge in [0.15, 0.2) is 0 Å². The van der Waals surface area contributed by atoms with E-state index in [0.29, 0.717) is 5.82 Å². The Bertz CT molecular complexity index is 300. The summed E-state index contributed by atoms with van der Waals surface area (Å²) in [6.07, 6.45) is 3.01. The quantitative estimate of drug-likeness (QED) is 0.659. The van der Waals surface area contributed by atoms with E-state index >= 15 is 0 Å². The summed E-state index contributed by atoms with van der Waals surface area (Å²) >= 11 is 0. The highest BCUT2D eigenvalue weighted by Crippen LogP contribution is 1.99. The molecular weight excluding hydrogens is 216 g/mol. The van der Waals surface area contributed by atoms with Gasteiger partial charge in [0, 0.05) is 25.9 Å². The molecule has 0 saturated heterocycles. The van der Waals surface area contributed by atoms with E-state index in [0.717, 1.165) is 45.8 Å². The highest BCUT2D eigenvalue weighted by Gasteiger charge is 2.02. The topological polar surface area (TPSA) is 56.3 Å². The van der Waals surface area contributed by atoms with Gasteiger partial charge in [-0.15, -0.1) is 0 Å². The maximum atomic E-state index is 5.56. The largest absolute Gasteiger partial charge is 0.382 e. The molecule has 2 N–H and O–H groups in total. The first-order valence-corrected chi connectivity index (χ1v) is 6.35. The van der Waals surface area contributed by atoms with Gasteiger partial charge in [-0.25, -0.2) is 0 Å². The van der Waals surface area contributed by atoms with E-state index in [1.807, 2.05) is 23.9 Å². The van der Waals surface area contributed by atoms with Crippen molar-refractivity contribution < 1.29 is 4.74 Å². The zero-order valence-corrected chi connectivity index (χ0v) is 10.9. The fourth-order valence-electron chi connectivity index (χ4n) is 1.72. The van der Waals surface area contributed by atoms with E-state index < -0.39 is 0 Å². The molecule has 0 aliphatic rings. The van der Waals surface area contributed by atoms with Gasteiger partial charge in [0.05, 0.1) is 6.61 Å². The minimum Gasteiger partial charge on any atom is -0.382 e. The summed E-state index contributed by atoms with van der Waals surface area (Å²) in [6, 6.07) is 1.83. The van der Waals surface area contributed by atoms with E-state index in [1.165, 1.54) is 0 Å². The molecule has 0 aliphatic heterocycles. The summed E-state index contributed by atoms with van der Waals surface area (Å²) in [5.41, 5.74) is 5.56. The summed E-state index contributed by atoms with van der Waals surface area (Å²) in [5.74, 6) is 0.591. The number of ether oxygens (including phenoxy) is 1. The van der Waals surface area contributed by atoms with Gasteiger partial charge in [0.1, 0.15) is 5.82 Å². The van der Waals surface area contributed by atoms with E-state index in [-0.39, 0.29) is 0 Å². The monoisotopic (exact) mass is 240 g/mol. The van der Waals surface area contributed by atoms with Crippen molar-refractivity contribution >= 4 is 5.82 Å². The number of nitrogen functional groups attached to an aromatic ring is 1. The molecule has 0 amide bonds. The Morgan fingerprint density at radius 1 is 1.41 bits per heavy atom.